The summed E-state index contributed by atoms with van der Waals surface area (Å²) in [4.78, 5) is 4.55. The zero-order chi connectivity index (χ0) is 19.9. The molecule has 0 bridgehead atoms. The molecule has 7 heteroatoms. The molecular formula is C21H20N4O2S. The van der Waals surface area contributed by atoms with Crippen LogP contribution in [0.2, 0.25) is 0 Å². The second-order valence-electron chi connectivity index (χ2n) is 5.84. The SMILES string of the molecule is CCc1ccc(NN=C(C#N)c2nc(-c3ccc(OC)c(OC)c3)cs2)cc1. The van der Waals surface area contributed by atoms with Crippen LogP contribution in [0.25, 0.3) is 11.3 Å². The number of nitrogens with one attached hydrogen (secondary N) is 1. The van der Waals surface area contributed by atoms with Crippen molar-refractivity contribution >= 4 is 22.7 Å². The first-order valence-electron chi connectivity index (χ1n) is 8.69. The third-order valence-electron chi connectivity index (χ3n) is 4.15. The van der Waals surface area contributed by atoms with Gasteiger partial charge in [0.1, 0.15) is 6.07 Å². The van der Waals surface area contributed by atoms with Gasteiger partial charge in [0.15, 0.2) is 22.2 Å². The van der Waals surface area contributed by atoms with E-state index in [-0.39, 0.29) is 5.71 Å². The highest BCUT2D eigenvalue weighted by molar-refractivity contribution is 7.12. The van der Waals surface area contributed by atoms with Gasteiger partial charge in [0.2, 0.25) is 0 Å². The Balaban J connectivity index is 1.81. The van der Waals surface area contributed by atoms with Crippen molar-refractivity contribution in [2.75, 3.05) is 19.6 Å². The summed E-state index contributed by atoms with van der Waals surface area (Å²) in [7, 11) is 3.18. The van der Waals surface area contributed by atoms with Gasteiger partial charge in [-0.15, -0.1) is 11.3 Å². The Bertz CT molecular complexity index is 1020. The summed E-state index contributed by atoms with van der Waals surface area (Å²) < 4.78 is 10.6. The van der Waals surface area contributed by atoms with Crippen LogP contribution in [0, 0.1) is 11.3 Å². The van der Waals surface area contributed by atoms with Crippen LogP contribution in [0.4, 0.5) is 5.69 Å². The molecule has 2 aromatic carbocycles. The molecule has 1 N–H and O–H groups in total. The first-order chi connectivity index (χ1) is 13.7. The van der Waals surface area contributed by atoms with Crippen molar-refractivity contribution in [1.29, 1.82) is 5.26 Å². The Kier molecular flexibility index (Phi) is 6.25. The fourth-order valence-corrected chi connectivity index (χ4v) is 3.33. The molecule has 0 radical (unpaired) electrons. The Morgan fingerprint density at radius 2 is 1.89 bits per heavy atom. The van der Waals surface area contributed by atoms with E-state index in [1.54, 1.807) is 14.2 Å². The second-order valence-corrected chi connectivity index (χ2v) is 6.70. The number of hydrogen-bond acceptors (Lipinski definition) is 7. The maximum atomic E-state index is 9.48. The smallest absolute Gasteiger partial charge is 0.196 e. The van der Waals surface area contributed by atoms with Crippen molar-refractivity contribution in [2.45, 2.75) is 13.3 Å². The molecule has 0 aliphatic carbocycles. The van der Waals surface area contributed by atoms with Crippen LogP contribution in [0.5, 0.6) is 11.5 Å². The fourth-order valence-electron chi connectivity index (χ4n) is 2.57. The van der Waals surface area contributed by atoms with E-state index in [4.69, 9.17) is 9.47 Å². The molecule has 1 heterocycles. The minimum Gasteiger partial charge on any atom is -0.493 e. The largest absolute Gasteiger partial charge is 0.493 e. The minimum atomic E-state index is 0.233. The minimum absolute atomic E-state index is 0.233. The van der Waals surface area contributed by atoms with Gasteiger partial charge in [-0.05, 0) is 42.3 Å². The van der Waals surface area contributed by atoms with Crippen molar-refractivity contribution < 1.29 is 9.47 Å². The van der Waals surface area contributed by atoms with Gasteiger partial charge in [-0.25, -0.2) is 4.98 Å². The third-order valence-corrected chi connectivity index (χ3v) is 5.00. The van der Waals surface area contributed by atoms with Crippen molar-refractivity contribution in [3.8, 4) is 28.8 Å². The lowest BCUT2D eigenvalue weighted by Gasteiger charge is -2.08. The van der Waals surface area contributed by atoms with E-state index < -0.39 is 0 Å². The van der Waals surface area contributed by atoms with Crippen molar-refractivity contribution in [3.05, 3.63) is 58.4 Å². The summed E-state index contributed by atoms with van der Waals surface area (Å²) >= 11 is 1.37. The second kappa shape index (κ2) is 9.02. The lowest BCUT2D eigenvalue weighted by molar-refractivity contribution is 0.355. The molecule has 142 valence electrons. The van der Waals surface area contributed by atoms with Gasteiger partial charge in [-0.1, -0.05) is 19.1 Å². The molecule has 0 saturated carbocycles. The molecule has 0 atom stereocenters. The van der Waals surface area contributed by atoms with Crippen LogP contribution >= 0.6 is 11.3 Å². The molecule has 28 heavy (non-hydrogen) atoms. The quantitative estimate of drug-likeness (QED) is 0.464. The number of anilines is 1. The van der Waals surface area contributed by atoms with Gasteiger partial charge >= 0.3 is 0 Å². The first kappa shape index (κ1) is 19.4. The van der Waals surface area contributed by atoms with Crippen molar-refractivity contribution in [1.82, 2.24) is 4.98 Å². The highest BCUT2D eigenvalue weighted by atomic mass is 32.1. The Hall–Kier alpha value is -3.37. The summed E-state index contributed by atoms with van der Waals surface area (Å²) in [6.45, 7) is 2.10. The average molecular weight is 392 g/mol. The Morgan fingerprint density at radius 3 is 2.54 bits per heavy atom. The van der Waals surface area contributed by atoms with Crippen LogP contribution in [0.15, 0.2) is 52.9 Å². The van der Waals surface area contributed by atoms with Gasteiger partial charge in [0, 0.05) is 10.9 Å². The Labute approximate surface area is 168 Å². The standard InChI is InChI=1S/C21H20N4O2S/c1-4-14-5-8-16(9-6-14)24-25-17(12-22)21-23-18(13-28-21)15-7-10-19(26-2)20(11-15)27-3/h5-11,13,24H,4H2,1-3H3. The predicted molar refractivity (Wildman–Crippen MR) is 112 cm³/mol. The maximum Gasteiger partial charge on any atom is 0.196 e. The number of rotatable bonds is 7. The summed E-state index contributed by atoms with van der Waals surface area (Å²) in [6.07, 6.45) is 0.977. The zero-order valence-electron chi connectivity index (χ0n) is 15.9. The van der Waals surface area contributed by atoms with Crippen molar-refractivity contribution in [2.24, 2.45) is 5.10 Å². The van der Waals surface area contributed by atoms with E-state index in [2.05, 4.69) is 28.5 Å². The molecule has 0 spiro atoms. The van der Waals surface area contributed by atoms with Gasteiger partial charge in [-0.2, -0.15) is 10.4 Å². The molecule has 0 unspecified atom stereocenters. The normalized spacial score (nSPS) is 11.0. The highest BCUT2D eigenvalue weighted by Gasteiger charge is 2.12. The number of aryl methyl sites for hydroxylation is 1. The van der Waals surface area contributed by atoms with Gasteiger partial charge in [-0.3, -0.25) is 5.43 Å². The molecule has 6 nitrogen and oxygen atoms in total. The van der Waals surface area contributed by atoms with E-state index in [0.29, 0.717) is 16.5 Å². The van der Waals surface area contributed by atoms with E-state index in [1.807, 2.05) is 47.8 Å². The Morgan fingerprint density at radius 1 is 1.14 bits per heavy atom. The molecule has 3 aromatic rings. The van der Waals surface area contributed by atoms with Crippen LogP contribution in [-0.4, -0.2) is 24.9 Å². The third kappa shape index (κ3) is 4.30. The number of aromatic nitrogens is 1. The molecule has 0 amide bonds. The number of hydrazone groups is 1. The molecular weight excluding hydrogens is 372 g/mol. The predicted octanol–water partition coefficient (Wildman–Crippen LogP) is 4.73. The van der Waals surface area contributed by atoms with Gasteiger partial charge in [0.05, 0.1) is 25.6 Å². The van der Waals surface area contributed by atoms with Crippen LogP contribution < -0.4 is 14.9 Å². The van der Waals surface area contributed by atoms with E-state index in [1.165, 1.54) is 16.9 Å². The molecule has 0 saturated heterocycles. The van der Waals surface area contributed by atoms with Gasteiger partial charge in [0.25, 0.3) is 0 Å². The molecule has 0 fully saturated rings. The topological polar surface area (TPSA) is 79.5 Å². The summed E-state index contributed by atoms with van der Waals surface area (Å²) in [6, 6.07) is 15.6. The van der Waals surface area contributed by atoms with Crippen LogP contribution in [0.1, 0.15) is 17.5 Å². The molecule has 1 aromatic heterocycles. The number of ether oxygens (including phenoxy) is 2. The molecule has 0 aliphatic rings. The number of thiazole rings is 1. The van der Waals surface area contributed by atoms with Crippen LogP contribution in [0.3, 0.4) is 0 Å². The van der Waals surface area contributed by atoms with E-state index >= 15 is 0 Å². The molecule has 0 aliphatic heterocycles. The summed E-state index contributed by atoms with van der Waals surface area (Å²) in [5, 5.41) is 16.1. The van der Waals surface area contributed by atoms with E-state index in [9.17, 15) is 5.26 Å². The number of nitrogens with zero attached hydrogens (tertiary/aromatic N) is 3. The number of benzene rings is 2. The average Bonchev–Trinajstić information content (AvgIpc) is 3.24. The number of nitriles is 1. The summed E-state index contributed by atoms with van der Waals surface area (Å²) in [5.74, 6) is 1.28. The zero-order valence-corrected chi connectivity index (χ0v) is 16.7. The summed E-state index contributed by atoms with van der Waals surface area (Å²) in [5.41, 5.74) is 6.84. The lowest BCUT2D eigenvalue weighted by atomic mass is 10.1. The van der Waals surface area contributed by atoms with Crippen molar-refractivity contribution in [3.63, 3.8) is 0 Å². The maximum absolute atomic E-state index is 9.48. The van der Waals surface area contributed by atoms with E-state index in [0.717, 1.165) is 23.4 Å². The first-order valence-corrected chi connectivity index (χ1v) is 9.57. The number of hydrogen-bond donors (Lipinski definition) is 1. The lowest BCUT2D eigenvalue weighted by Crippen LogP contribution is -2.01. The van der Waals surface area contributed by atoms with Gasteiger partial charge < -0.3 is 9.47 Å². The highest BCUT2D eigenvalue weighted by Crippen LogP contribution is 2.32. The van der Waals surface area contributed by atoms with Crippen LogP contribution in [-0.2, 0) is 6.42 Å². The molecule has 3 rings (SSSR count). The monoisotopic (exact) mass is 392 g/mol. The fraction of sp³-hybridized carbons (Fsp3) is 0.190. The number of methoxy groups -OCH3 is 2.